The second kappa shape index (κ2) is 7.13. The third kappa shape index (κ3) is 3.43. The Hall–Kier alpha value is -1.71. The van der Waals surface area contributed by atoms with Crippen LogP contribution >= 0.6 is 11.3 Å². The molecule has 0 N–H and O–H groups in total. The van der Waals surface area contributed by atoms with Crippen LogP contribution in [0.15, 0.2) is 15.5 Å². The number of aryl methyl sites for hydroxylation is 4. The van der Waals surface area contributed by atoms with Crippen LogP contribution in [0.1, 0.15) is 38.0 Å². The second-order valence-corrected chi connectivity index (χ2v) is 9.87. The van der Waals surface area contributed by atoms with E-state index in [4.69, 9.17) is 4.52 Å². The standard InChI is InChI=1S/C17H23N3O4S2/c1-11-10-15(14(4)25-11)17(21)19-6-5-7-20(9-8-19)26(22,23)16-12(2)18-24-13(16)3/h10H,5-9H2,1-4H3. The number of nitrogens with zero attached hydrogens (tertiary/aromatic N) is 3. The molecule has 2 aromatic heterocycles. The Balaban J connectivity index is 1.78. The van der Waals surface area contributed by atoms with Crippen LogP contribution in [-0.2, 0) is 10.0 Å². The predicted octanol–water partition coefficient (Wildman–Crippen LogP) is 2.51. The summed E-state index contributed by atoms with van der Waals surface area (Å²) >= 11 is 1.60. The number of amides is 1. The molecule has 3 heterocycles. The number of carbonyl (C=O) groups is 1. The lowest BCUT2D eigenvalue weighted by atomic mass is 10.2. The molecule has 26 heavy (non-hydrogen) atoms. The van der Waals surface area contributed by atoms with E-state index in [9.17, 15) is 13.2 Å². The number of aromatic nitrogens is 1. The van der Waals surface area contributed by atoms with Gasteiger partial charge in [-0.3, -0.25) is 4.79 Å². The molecule has 7 nitrogen and oxygen atoms in total. The summed E-state index contributed by atoms with van der Waals surface area (Å²) in [6.07, 6.45) is 0.594. The molecule has 1 fully saturated rings. The minimum atomic E-state index is -3.68. The lowest BCUT2D eigenvalue weighted by molar-refractivity contribution is 0.0764. The summed E-state index contributed by atoms with van der Waals surface area (Å²) in [6.45, 7) is 8.70. The van der Waals surface area contributed by atoms with Gasteiger partial charge in [0.2, 0.25) is 10.0 Å². The van der Waals surface area contributed by atoms with E-state index in [1.54, 1.807) is 30.1 Å². The molecule has 0 aromatic carbocycles. The van der Waals surface area contributed by atoms with E-state index < -0.39 is 10.0 Å². The number of hydrogen-bond donors (Lipinski definition) is 0. The number of hydrogen-bond acceptors (Lipinski definition) is 6. The Labute approximate surface area is 157 Å². The number of rotatable bonds is 3. The molecule has 0 saturated carbocycles. The lowest BCUT2D eigenvalue weighted by Gasteiger charge is -2.22. The van der Waals surface area contributed by atoms with Gasteiger partial charge in [-0.05, 0) is 40.2 Å². The number of sulfonamides is 1. The average Bonchev–Trinajstić information content (AvgIpc) is 2.96. The van der Waals surface area contributed by atoms with Crippen molar-refractivity contribution in [3.8, 4) is 0 Å². The largest absolute Gasteiger partial charge is 0.360 e. The Bertz CT molecular complexity index is 910. The molecule has 0 bridgehead atoms. The van der Waals surface area contributed by atoms with Gasteiger partial charge in [0.25, 0.3) is 5.91 Å². The molecule has 0 spiro atoms. The van der Waals surface area contributed by atoms with Gasteiger partial charge in [0.1, 0.15) is 10.6 Å². The zero-order chi connectivity index (χ0) is 19.1. The van der Waals surface area contributed by atoms with Gasteiger partial charge >= 0.3 is 0 Å². The average molecular weight is 398 g/mol. The topological polar surface area (TPSA) is 83.7 Å². The quantitative estimate of drug-likeness (QED) is 0.795. The fourth-order valence-electron chi connectivity index (χ4n) is 3.32. The van der Waals surface area contributed by atoms with Crippen molar-refractivity contribution < 1.29 is 17.7 Å². The highest BCUT2D eigenvalue weighted by Gasteiger charge is 2.33. The maximum absolute atomic E-state index is 13.0. The highest BCUT2D eigenvalue weighted by atomic mass is 32.2. The van der Waals surface area contributed by atoms with Gasteiger partial charge in [-0.1, -0.05) is 5.16 Å². The van der Waals surface area contributed by atoms with Crippen LogP contribution in [0.4, 0.5) is 0 Å². The van der Waals surface area contributed by atoms with Crippen molar-refractivity contribution in [1.82, 2.24) is 14.4 Å². The first-order valence-electron chi connectivity index (χ1n) is 8.51. The first kappa shape index (κ1) is 19.1. The third-order valence-electron chi connectivity index (χ3n) is 4.58. The fourth-order valence-corrected chi connectivity index (χ4v) is 6.00. The van der Waals surface area contributed by atoms with Crippen molar-refractivity contribution >= 4 is 27.3 Å². The highest BCUT2D eigenvalue weighted by molar-refractivity contribution is 7.89. The van der Waals surface area contributed by atoms with Gasteiger partial charge in [-0.2, -0.15) is 4.31 Å². The van der Waals surface area contributed by atoms with E-state index >= 15 is 0 Å². The van der Waals surface area contributed by atoms with Gasteiger partial charge in [-0.25, -0.2) is 8.42 Å². The van der Waals surface area contributed by atoms with Crippen molar-refractivity contribution in [2.24, 2.45) is 0 Å². The summed E-state index contributed by atoms with van der Waals surface area (Å²) in [5.74, 6) is 0.271. The molecule has 142 valence electrons. The molecule has 0 unspecified atom stereocenters. The first-order valence-corrected chi connectivity index (χ1v) is 10.8. The van der Waals surface area contributed by atoms with Gasteiger partial charge in [0.15, 0.2) is 5.76 Å². The Kier molecular flexibility index (Phi) is 5.23. The Morgan fingerprint density at radius 1 is 1.15 bits per heavy atom. The Morgan fingerprint density at radius 2 is 1.88 bits per heavy atom. The molecule has 0 aliphatic carbocycles. The molecule has 1 saturated heterocycles. The third-order valence-corrected chi connectivity index (χ3v) is 7.69. The summed E-state index contributed by atoms with van der Waals surface area (Å²) in [6, 6.07) is 1.91. The van der Waals surface area contributed by atoms with Crippen LogP contribution in [0, 0.1) is 27.7 Å². The molecule has 1 aliphatic heterocycles. The highest BCUT2D eigenvalue weighted by Crippen LogP contribution is 2.26. The van der Waals surface area contributed by atoms with Crippen LogP contribution < -0.4 is 0 Å². The molecule has 9 heteroatoms. The Morgan fingerprint density at radius 3 is 2.46 bits per heavy atom. The van der Waals surface area contributed by atoms with Crippen molar-refractivity contribution in [3.05, 3.63) is 32.8 Å². The SMILES string of the molecule is Cc1cc(C(=O)N2CCCN(S(=O)(=O)c3c(C)noc3C)CC2)c(C)s1. The fraction of sp³-hybridized carbons (Fsp3) is 0.529. The molecule has 3 rings (SSSR count). The smallest absolute Gasteiger partial charge is 0.255 e. The van der Waals surface area contributed by atoms with E-state index in [1.165, 1.54) is 4.31 Å². The van der Waals surface area contributed by atoms with Crippen LogP contribution in [0.25, 0.3) is 0 Å². The van der Waals surface area contributed by atoms with Crippen LogP contribution in [0.3, 0.4) is 0 Å². The summed E-state index contributed by atoms with van der Waals surface area (Å²) in [5.41, 5.74) is 1.08. The van der Waals surface area contributed by atoms with Gasteiger partial charge in [0.05, 0.1) is 5.56 Å². The zero-order valence-electron chi connectivity index (χ0n) is 15.4. The van der Waals surface area contributed by atoms with Crippen LogP contribution in [-0.4, -0.2) is 54.9 Å². The van der Waals surface area contributed by atoms with Gasteiger partial charge in [0, 0.05) is 35.9 Å². The molecular formula is C17H23N3O4S2. The van der Waals surface area contributed by atoms with E-state index in [0.717, 1.165) is 15.3 Å². The van der Waals surface area contributed by atoms with E-state index in [-0.39, 0.29) is 17.3 Å². The van der Waals surface area contributed by atoms with Gasteiger partial charge < -0.3 is 9.42 Å². The summed E-state index contributed by atoms with van der Waals surface area (Å²) in [5, 5.41) is 3.75. The summed E-state index contributed by atoms with van der Waals surface area (Å²) in [4.78, 5) is 16.8. The molecule has 1 aliphatic rings. The first-order chi connectivity index (χ1) is 12.2. The van der Waals surface area contributed by atoms with Crippen molar-refractivity contribution in [2.75, 3.05) is 26.2 Å². The van der Waals surface area contributed by atoms with E-state index in [1.807, 2.05) is 19.9 Å². The number of carbonyl (C=O) groups excluding carboxylic acids is 1. The second-order valence-electron chi connectivity index (χ2n) is 6.53. The van der Waals surface area contributed by atoms with Crippen LogP contribution in [0.2, 0.25) is 0 Å². The van der Waals surface area contributed by atoms with E-state index in [2.05, 4.69) is 5.16 Å². The lowest BCUT2D eigenvalue weighted by Crippen LogP contribution is -2.37. The zero-order valence-corrected chi connectivity index (χ0v) is 17.0. The van der Waals surface area contributed by atoms with Crippen molar-refractivity contribution in [1.29, 1.82) is 0 Å². The number of thiophene rings is 1. The molecule has 2 aromatic rings. The maximum Gasteiger partial charge on any atom is 0.255 e. The molecule has 0 atom stereocenters. The molecule has 1 amide bonds. The van der Waals surface area contributed by atoms with Crippen molar-refractivity contribution in [2.45, 2.75) is 39.0 Å². The predicted molar refractivity (Wildman–Crippen MR) is 99.0 cm³/mol. The van der Waals surface area contributed by atoms with Gasteiger partial charge in [-0.15, -0.1) is 11.3 Å². The summed E-state index contributed by atoms with van der Waals surface area (Å²) < 4.78 is 32.4. The minimum Gasteiger partial charge on any atom is -0.360 e. The minimum absolute atomic E-state index is 0.0246. The molecule has 0 radical (unpaired) electrons. The van der Waals surface area contributed by atoms with E-state index in [0.29, 0.717) is 37.5 Å². The van der Waals surface area contributed by atoms with Crippen LogP contribution in [0.5, 0.6) is 0 Å². The van der Waals surface area contributed by atoms with Crippen molar-refractivity contribution in [3.63, 3.8) is 0 Å². The maximum atomic E-state index is 13.0. The summed E-state index contributed by atoms with van der Waals surface area (Å²) in [7, 11) is -3.68. The monoisotopic (exact) mass is 397 g/mol. The normalized spacial score (nSPS) is 16.7. The molecular weight excluding hydrogens is 374 g/mol.